The second-order valence-electron chi connectivity index (χ2n) is 10.8. The molecule has 2 aromatic carbocycles. The van der Waals surface area contributed by atoms with Gasteiger partial charge in [0.15, 0.2) is 5.82 Å². The largest absolute Gasteiger partial charge is 0.385 e. The second kappa shape index (κ2) is 12.9. The first-order valence-electron chi connectivity index (χ1n) is 14.8. The van der Waals surface area contributed by atoms with Gasteiger partial charge in [-0.1, -0.05) is 38.6 Å². The second-order valence-corrected chi connectivity index (χ2v) is 10.8. The Morgan fingerprint density at radius 1 is 1.07 bits per heavy atom. The van der Waals surface area contributed by atoms with Gasteiger partial charge in [-0.2, -0.15) is 4.98 Å². The van der Waals surface area contributed by atoms with Crippen LogP contribution < -0.4 is 26.2 Å². The first-order chi connectivity index (χ1) is 20.4. The smallest absolute Gasteiger partial charge is 0.328 e. The number of aryl methyl sites for hydroxylation is 1. The van der Waals surface area contributed by atoms with Crippen LogP contribution in [0.2, 0.25) is 0 Å². The molecule has 2 amide bonds. The highest BCUT2D eigenvalue weighted by molar-refractivity contribution is 6.02. The number of para-hydroxylation sites is 1. The summed E-state index contributed by atoms with van der Waals surface area (Å²) in [6.07, 6.45) is 4.24. The number of halogens is 2. The van der Waals surface area contributed by atoms with E-state index in [1.165, 1.54) is 18.9 Å². The Hall–Kier alpha value is -4.05. The highest BCUT2D eigenvalue weighted by atomic mass is 19.1. The molecule has 2 aliphatic heterocycles. The maximum absolute atomic E-state index is 15.0. The fraction of sp³-hybridized carbons (Fsp3) is 0.406. The first-order valence-corrected chi connectivity index (χ1v) is 14.8. The summed E-state index contributed by atoms with van der Waals surface area (Å²) in [6.45, 7) is 13.0. The van der Waals surface area contributed by atoms with Gasteiger partial charge in [0.1, 0.15) is 17.3 Å². The maximum Gasteiger partial charge on any atom is 0.328 e. The van der Waals surface area contributed by atoms with Crippen LogP contribution in [0.4, 0.5) is 31.0 Å². The normalized spacial score (nSPS) is 16.6. The molecular weight excluding hydrogens is 536 g/mol. The molecule has 3 aromatic rings. The molecule has 6 rings (SSSR count). The van der Waals surface area contributed by atoms with Gasteiger partial charge in [0, 0.05) is 29.4 Å². The molecule has 4 N–H and O–H groups in total. The molecule has 0 atom stereocenters. The Bertz CT molecular complexity index is 1450. The predicted molar refractivity (Wildman–Crippen MR) is 164 cm³/mol. The molecule has 222 valence electrons. The van der Waals surface area contributed by atoms with Crippen molar-refractivity contribution < 1.29 is 13.6 Å². The van der Waals surface area contributed by atoms with E-state index in [0.29, 0.717) is 23.1 Å². The highest BCUT2D eigenvalue weighted by Crippen LogP contribution is 2.39. The number of nitrogens with one attached hydrogen (secondary N) is 4. The number of anilines is 3. The zero-order valence-corrected chi connectivity index (χ0v) is 24.5. The number of hydrogen-bond donors (Lipinski definition) is 4. The van der Waals surface area contributed by atoms with E-state index in [0.717, 1.165) is 71.9 Å². The zero-order valence-electron chi connectivity index (χ0n) is 24.5. The van der Waals surface area contributed by atoms with Crippen molar-refractivity contribution in [2.24, 2.45) is 5.92 Å². The predicted octanol–water partition coefficient (Wildman–Crippen LogP) is 6.25. The average Bonchev–Trinajstić information content (AvgIpc) is 3.83. The maximum atomic E-state index is 15.0. The van der Waals surface area contributed by atoms with Crippen LogP contribution in [-0.2, 0) is 6.54 Å². The SMILES string of the molecule is C=C(NCC1CC1)c1ccc(C)c(-c2nc(NC3CCNCC3)nc3c2CNC(=O)N3c2c(F)cccc2F)c1.CC. The Balaban J connectivity index is 0.00000173. The first kappa shape index (κ1) is 29.4. The topological polar surface area (TPSA) is 94.2 Å². The summed E-state index contributed by atoms with van der Waals surface area (Å²) in [5.41, 5.74) is 4.26. The summed E-state index contributed by atoms with van der Waals surface area (Å²) in [7, 11) is 0. The van der Waals surface area contributed by atoms with E-state index in [1.54, 1.807) is 0 Å². The quantitative estimate of drug-likeness (QED) is 0.254. The van der Waals surface area contributed by atoms with Gasteiger partial charge in [-0.3, -0.25) is 0 Å². The van der Waals surface area contributed by atoms with Crippen molar-refractivity contribution >= 4 is 29.2 Å². The molecular formula is C32H39F2N7O. The Labute approximate surface area is 246 Å². The lowest BCUT2D eigenvalue weighted by molar-refractivity contribution is 0.246. The highest BCUT2D eigenvalue weighted by Gasteiger charge is 2.34. The molecule has 1 aromatic heterocycles. The van der Waals surface area contributed by atoms with E-state index < -0.39 is 23.4 Å². The third kappa shape index (κ3) is 6.23. The summed E-state index contributed by atoms with van der Waals surface area (Å²) >= 11 is 0. The van der Waals surface area contributed by atoms with Crippen molar-refractivity contribution in [2.75, 3.05) is 29.9 Å². The van der Waals surface area contributed by atoms with Crippen molar-refractivity contribution in [3.05, 3.63) is 71.3 Å². The summed E-state index contributed by atoms with van der Waals surface area (Å²) in [5.74, 6) is -0.538. The number of nitrogens with zero attached hydrogens (tertiary/aromatic N) is 3. The van der Waals surface area contributed by atoms with Gasteiger partial charge in [0.05, 0.1) is 12.2 Å². The number of carbonyl (C=O) groups excluding carboxylic acids is 1. The van der Waals surface area contributed by atoms with Crippen molar-refractivity contribution in [1.29, 1.82) is 0 Å². The number of fused-ring (bicyclic) bond motifs is 1. The van der Waals surface area contributed by atoms with Crippen LogP contribution >= 0.6 is 0 Å². The van der Waals surface area contributed by atoms with Crippen molar-refractivity contribution in [1.82, 2.24) is 25.9 Å². The summed E-state index contributed by atoms with van der Waals surface area (Å²) in [5, 5.41) is 13.0. The van der Waals surface area contributed by atoms with Crippen LogP contribution in [0.15, 0.2) is 43.0 Å². The van der Waals surface area contributed by atoms with Crippen molar-refractivity contribution in [3.63, 3.8) is 0 Å². The Kier molecular flexibility index (Phi) is 9.01. The molecule has 3 aliphatic rings. The van der Waals surface area contributed by atoms with Gasteiger partial charge in [-0.25, -0.2) is 23.5 Å². The minimum atomic E-state index is -0.854. The van der Waals surface area contributed by atoms with E-state index in [-0.39, 0.29) is 18.4 Å². The van der Waals surface area contributed by atoms with E-state index in [9.17, 15) is 13.6 Å². The average molecular weight is 576 g/mol. The third-order valence-corrected chi connectivity index (χ3v) is 7.79. The number of urea groups is 1. The van der Waals surface area contributed by atoms with Crippen LogP contribution in [0.3, 0.4) is 0 Å². The number of aromatic nitrogens is 2. The number of rotatable bonds is 8. The monoisotopic (exact) mass is 575 g/mol. The number of hydrogen-bond acceptors (Lipinski definition) is 6. The third-order valence-electron chi connectivity index (χ3n) is 7.79. The molecule has 1 saturated carbocycles. The molecule has 0 unspecified atom stereocenters. The molecule has 0 spiro atoms. The molecule has 0 bridgehead atoms. The van der Waals surface area contributed by atoms with Crippen LogP contribution in [-0.4, -0.2) is 41.7 Å². The number of piperidine rings is 1. The van der Waals surface area contributed by atoms with Crippen molar-refractivity contribution in [2.45, 2.75) is 59.0 Å². The summed E-state index contributed by atoms with van der Waals surface area (Å²) in [4.78, 5) is 23.7. The number of carbonyl (C=O) groups is 1. The van der Waals surface area contributed by atoms with Crippen molar-refractivity contribution in [3.8, 4) is 11.3 Å². The van der Waals surface area contributed by atoms with Gasteiger partial charge in [-0.05, 0) is 80.9 Å². The van der Waals surface area contributed by atoms with E-state index >= 15 is 0 Å². The molecule has 3 heterocycles. The van der Waals surface area contributed by atoms with E-state index in [2.05, 4.69) is 32.8 Å². The van der Waals surface area contributed by atoms with Crippen LogP contribution in [0.1, 0.15) is 56.2 Å². The molecule has 2 fully saturated rings. The van der Waals surface area contributed by atoms with Gasteiger partial charge >= 0.3 is 6.03 Å². The van der Waals surface area contributed by atoms with Gasteiger partial charge < -0.3 is 21.3 Å². The lowest BCUT2D eigenvalue weighted by Crippen LogP contribution is -2.43. The van der Waals surface area contributed by atoms with E-state index in [4.69, 9.17) is 4.98 Å². The van der Waals surface area contributed by atoms with E-state index in [1.807, 2.05) is 39.0 Å². The zero-order chi connectivity index (χ0) is 29.8. The van der Waals surface area contributed by atoms with Gasteiger partial charge in [0.2, 0.25) is 5.95 Å². The number of benzene rings is 2. The lowest BCUT2D eigenvalue weighted by Gasteiger charge is -2.31. The lowest BCUT2D eigenvalue weighted by atomic mass is 9.97. The fourth-order valence-electron chi connectivity index (χ4n) is 5.26. The van der Waals surface area contributed by atoms with Gasteiger partial charge in [0.25, 0.3) is 0 Å². The molecule has 0 radical (unpaired) electrons. The molecule has 8 nitrogen and oxygen atoms in total. The van der Waals surface area contributed by atoms with Gasteiger partial charge in [-0.15, -0.1) is 0 Å². The Morgan fingerprint density at radius 2 is 1.79 bits per heavy atom. The summed E-state index contributed by atoms with van der Waals surface area (Å²) in [6, 6.07) is 9.06. The summed E-state index contributed by atoms with van der Waals surface area (Å²) < 4.78 is 30.0. The minimum Gasteiger partial charge on any atom is -0.385 e. The van der Waals surface area contributed by atoms with Crippen LogP contribution in [0, 0.1) is 24.5 Å². The molecule has 1 saturated heterocycles. The molecule has 10 heteroatoms. The van der Waals surface area contributed by atoms with Crippen LogP contribution in [0.25, 0.3) is 17.0 Å². The van der Waals surface area contributed by atoms with Crippen LogP contribution in [0.5, 0.6) is 0 Å². The standard InChI is InChI=1S/C30H33F2N7O.C2H6/c1-17-6-9-20(18(2)34-15-19-7-8-19)14-22(17)26-23-16-35-30(40)39(27-24(31)4-3-5-25(27)32)28(23)38-29(37-26)36-21-10-12-33-13-11-21;1-2/h3-6,9,14,19,21,33-34H,2,7-8,10-13,15-16H2,1H3,(H,35,40)(H,36,37,38);1-2H3. The fourth-order valence-corrected chi connectivity index (χ4v) is 5.26. The number of amides is 2. The molecule has 1 aliphatic carbocycles. The minimum absolute atomic E-state index is 0.119. The Morgan fingerprint density at radius 3 is 2.48 bits per heavy atom. The molecule has 42 heavy (non-hydrogen) atoms.